The maximum absolute atomic E-state index is 12.9. The Hall–Kier alpha value is -4.80. The van der Waals surface area contributed by atoms with Crippen molar-refractivity contribution in [2.75, 3.05) is 19.8 Å². The summed E-state index contributed by atoms with van der Waals surface area (Å²) < 4.78 is 57.9. The summed E-state index contributed by atoms with van der Waals surface area (Å²) in [6.45, 7) is 6.97. The molecule has 2 fully saturated rings. The molecule has 0 saturated carbocycles. The van der Waals surface area contributed by atoms with Gasteiger partial charge in [0.2, 0.25) is 5.91 Å². The quantitative estimate of drug-likeness (QED) is 0.0816. The fourth-order valence-corrected chi connectivity index (χ4v) is 7.12. The van der Waals surface area contributed by atoms with Crippen molar-refractivity contribution in [3.63, 3.8) is 0 Å². The molecular formula is C47H55NO12. The summed E-state index contributed by atoms with van der Waals surface area (Å²) in [4.78, 5) is 24.9. The summed E-state index contributed by atoms with van der Waals surface area (Å²) in [5, 5.41) is 14.9. The molecular weight excluding hydrogens is 771 g/mol. The molecule has 4 aromatic carbocycles. The molecule has 0 aliphatic carbocycles. The first-order chi connectivity index (χ1) is 29.3. The first-order valence-corrected chi connectivity index (χ1v) is 20.1. The van der Waals surface area contributed by atoms with Gasteiger partial charge in [0.25, 0.3) is 0 Å². The van der Waals surface area contributed by atoms with E-state index in [0.717, 1.165) is 22.3 Å². The molecule has 6 rings (SSSR count). The zero-order chi connectivity index (χ0) is 42.1. The zero-order valence-corrected chi connectivity index (χ0v) is 34.0. The number of aliphatic hydroxyl groups excluding tert-OH is 1. The van der Waals surface area contributed by atoms with E-state index in [-0.39, 0.29) is 52.2 Å². The predicted octanol–water partition coefficient (Wildman–Crippen LogP) is 5.43. The van der Waals surface area contributed by atoms with Crippen molar-refractivity contribution in [2.45, 2.75) is 102 Å². The average Bonchev–Trinajstić information content (AvgIpc) is 3.26. The van der Waals surface area contributed by atoms with Crippen LogP contribution < -0.4 is 5.32 Å². The first kappa shape index (κ1) is 44.7. The van der Waals surface area contributed by atoms with Crippen molar-refractivity contribution in [1.82, 2.24) is 5.32 Å². The summed E-state index contributed by atoms with van der Waals surface area (Å²) >= 11 is 0. The molecule has 0 spiro atoms. The third-order valence-electron chi connectivity index (χ3n) is 10.0. The number of hydrogen-bond acceptors (Lipinski definition) is 12. The van der Waals surface area contributed by atoms with Crippen molar-refractivity contribution in [3.05, 3.63) is 156 Å². The Labute approximate surface area is 351 Å². The number of carbonyl (C=O) groups excluding carboxylic acids is 2. The van der Waals surface area contributed by atoms with Crippen LogP contribution in [0.25, 0.3) is 0 Å². The maximum Gasteiger partial charge on any atom is 0.302 e. The Morgan fingerprint density at radius 3 is 1.60 bits per heavy atom. The van der Waals surface area contributed by atoms with Crippen LogP contribution >= 0.6 is 0 Å². The molecule has 4 aromatic rings. The number of rotatable bonds is 21. The number of amides is 1. The average molecular weight is 826 g/mol. The van der Waals surface area contributed by atoms with E-state index >= 15 is 0 Å². The molecule has 0 bridgehead atoms. The lowest BCUT2D eigenvalue weighted by molar-refractivity contribution is -0.361. The number of carbonyl (C=O) groups is 2. The third kappa shape index (κ3) is 13.1. The van der Waals surface area contributed by atoms with Crippen molar-refractivity contribution in [3.8, 4) is 0 Å². The number of benzene rings is 4. The SMILES string of the molecule is C=CCO[C@H]1O[C@H](COCc2ccccc2)[C@@H](O[C@@H]2O[C@H](COC(C)=O)[C@@H](O)[C@H](OCc3ccccc3)[C@H]2OCc2ccccc2)[C@H](OCc2ccccc2)[C@H]1NC(C)=O. The molecule has 0 aromatic heterocycles. The van der Waals surface area contributed by atoms with Gasteiger partial charge in [-0.3, -0.25) is 9.59 Å². The van der Waals surface area contributed by atoms with E-state index in [1.807, 2.05) is 121 Å². The molecule has 2 N–H and O–H groups in total. The first-order valence-electron chi connectivity index (χ1n) is 20.1. The van der Waals surface area contributed by atoms with Crippen LogP contribution in [-0.4, -0.2) is 98.2 Å². The fraction of sp³-hybridized carbons (Fsp3) is 0.404. The van der Waals surface area contributed by atoms with Gasteiger partial charge in [0.05, 0.1) is 39.6 Å². The van der Waals surface area contributed by atoms with E-state index < -0.39 is 67.3 Å². The maximum atomic E-state index is 12.9. The Balaban J connectivity index is 1.39. The second kappa shape index (κ2) is 23.3. The van der Waals surface area contributed by atoms with Gasteiger partial charge in [-0.15, -0.1) is 6.58 Å². The molecule has 320 valence electrons. The summed E-state index contributed by atoms with van der Waals surface area (Å²) in [6.07, 6.45) is -7.98. The predicted molar refractivity (Wildman–Crippen MR) is 220 cm³/mol. The summed E-state index contributed by atoms with van der Waals surface area (Å²) in [5.74, 6) is -0.902. The standard InChI is InChI=1S/C47H55NO12/c1-4-25-53-46-40(48-32(2)49)43(55-27-35-19-11-6-12-20-35)42(39(59-46)30-52-26-34-17-9-5-10-18-34)60-47-45(57-29-37-23-15-8-16-24-37)44(56-28-36-21-13-7-14-22-36)41(51)38(58-47)31-54-33(3)50/h4-24,38-47,51H,1,25-31H2,2-3H3,(H,48,49)/t38-,39-,40-,41-,42-,43-,44+,45-,46+,47+/m1/s1. The number of ether oxygens (including phenoxy) is 9. The molecule has 60 heavy (non-hydrogen) atoms. The molecule has 2 heterocycles. The van der Waals surface area contributed by atoms with Crippen LogP contribution in [-0.2, 0) is 78.6 Å². The number of aliphatic hydroxyl groups is 1. The molecule has 2 saturated heterocycles. The molecule has 1 amide bonds. The Morgan fingerprint density at radius 2 is 1.10 bits per heavy atom. The van der Waals surface area contributed by atoms with Gasteiger partial charge in [0, 0.05) is 13.8 Å². The monoisotopic (exact) mass is 825 g/mol. The lowest BCUT2D eigenvalue weighted by Crippen LogP contribution is -2.68. The van der Waals surface area contributed by atoms with Crippen molar-refractivity contribution < 1.29 is 57.3 Å². The van der Waals surface area contributed by atoms with Crippen LogP contribution in [0.4, 0.5) is 0 Å². The topological polar surface area (TPSA) is 149 Å². The van der Waals surface area contributed by atoms with E-state index in [2.05, 4.69) is 11.9 Å². The largest absolute Gasteiger partial charge is 0.463 e. The molecule has 13 nitrogen and oxygen atoms in total. The normalized spacial score (nSPS) is 26.5. The van der Waals surface area contributed by atoms with Gasteiger partial charge < -0.3 is 53.1 Å². The second-order valence-corrected chi connectivity index (χ2v) is 14.6. The van der Waals surface area contributed by atoms with Gasteiger partial charge in [-0.25, -0.2) is 0 Å². The van der Waals surface area contributed by atoms with Crippen LogP contribution in [0.2, 0.25) is 0 Å². The number of esters is 1. The van der Waals surface area contributed by atoms with Gasteiger partial charge in [0.1, 0.15) is 55.4 Å². The van der Waals surface area contributed by atoms with E-state index in [1.165, 1.54) is 13.8 Å². The number of nitrogens with one attached hydrogen (secondary N) is 1. The smallest absolute Gasteiger partial charge is 0.302 e. The van der Waals surface area contributed by atoms with Gasteiger partial charge in [-0.05, 0) is 22.3 Å². The van der Waals surface area contributed by atoms with E-state index in [0.29, 0.717) is 0 Å². The van der Waals surface area contributed by atoms with E-state index in [1.54, 1.807) is 6.08 Å². The Bertz CT molecular complexity index is 1870. The highest BCUT2D eigenvalue weighted by Gasteiger charge is 2.54. The molecule has 13 heteroatoms. The minimum absolute atomic E-state index is 0.0151. The highest BCUT2D eigenvalue weighted by atomic mass is 16.8. The molecule has 0 unspecified atom stereocenters. The third-order valence-corrected chi connectivity index (χ3v) is 10.0. The molecule has 10 atom stereocenters. The van der Waals surface area contributed by atoms with Gasteiger partial charge >= 0.3 is 5.97 Å². The van der Waals surface area contributed by atoms with Crippen LogP contribution in [0.1, 0.15) is 36.1 Å². The molecule has 2 aliphatic rings. The second-order valence-electron chi connectivity index (χ2n) is 14.6. The van der Waals surface area contributed by atoms with Gasteiger partial charge in [-0.1, -0.05) is 127 Å². The highest BCUT2D eigenvalue weighted by Crippen LogP contribution is 2.35. The zero-order valence-electron chi connectivity index (χ0n) is 34.0. The van der Waals surface area contributed by atoms with Gasteiger partial charge in [-0.2, -0.15) is 0 Å². The van der Waals surface area contributed by atoms with Crippen LogP contribution in [0.5, 0.6) is 0 Å². The summed E-state index contributed by atoms with van der Waals surface area (Å²) in [5.41, 5.74) is 3.55. The van der Waals surface area contributed by atoms with Crippen LogP contribution in [0, 0.1) is 0 Å². The minimum Gasteiger partial charge on any atom is -0.463 e. The van der Waals surface area contributed by atoms with E-state index in [9.17, 15) is 14.7 Å². The van der Waals surface area contributed by atoms with Crippen LogP contribution in [0.3, 0.4) is 0 Å². The van der Waals surface area contributed by atoms with E-state index in [4.69, 9.17) is 42.6 Å². The molecule has 2 aliphatic heterocycles. The fourth-order valence-electron chi connectivity index (χ4n) is 7.12. The van der Waals surface area contributed by atoms with Crippen molar-refractivity contribution >= 4 is 11.9 Å². The summed E-state index contributed by atoms with van der Waals surface area (Å²) in [7, 11) is 0. The number of hydrogen-bond donors (Lipinski definition) is 2. The lowest BCUT2D eigenvalue weighted by Gasteiger charge is -2.49. The molecule has 0 radical (unpaired) electrons. The Kier molecular flexibility index (Phi) is 17.4. The minimum atomic E-state index is -1.31. The van der Waals surface area contributed by atoms with Gasteiger partial charge in [0.15, 0.2) is 12.6 Å². The van der Waals surface area contributed by atoms with Crippen molar-refractivity contribution in [1.29, 1.82) is 0 Å². The highest BCUT2D eigenvalue weighted by molar-refractivity contribution is 5.73. The Morgan fingerprint density at radius 1 is 0.617 bits per heavy atom. The van der Waals surface area contributed by atoms with Crippen molar-refractivity contribution in [2.24, 2.45) is 0 Å². The van der Waals surface area contributed by atoms with Crippen LogP contribution in [0.15, 0.2) is 134 Å². The summed E-state index contributed by atoms with van der Waals surface area (Å²) in [6, 6.07) is 37.5. The lowest BCUT2D eigenvalue weighted by atomic mass is 9.94.